The fraction of sp³-hybridized carbons (Fsp3) is 0.176. The quantitative estimate of drug-likeness (QED) is 0.536. The first-order valence-corrected chi connectivity index (χ1v) is 8.94. The van der Waals surface area contributed by atoms with Crippen LogP contribution in [0.4, 0.5) is 5.69 Å². The van der Waals surface area contributed by atoms with Crippen molar-refractivity contribution >= 4 is 25.5 Å². The molecule has 2 rings (SSSR count). The van der Waals surface area contributed by atoms with Crippen LogP contribution in [0.3, 0.4) is 0 Å². The van der Waals surface area contributed by atoms with E-state index < -0.39 is 32.2 Å². The fourth-order valence-corrected chi connectivity index (χ4v) is 2.86. The van der Waals surface area contributed by atoms with E-state index in [0.717, 1.165) is 5.56 Å². The summed E-state index contributed by atoms with van der Waals surface area (Å²) in [6.07, 6.45) is -0.311. The summed E-state index contributed by atoms with van der Waals surface area (Å²) in [5.74, 6) is -1.57. The maximum atomic E-state index is 12.5. The molecule has 25 heavy (non-hydrogen) atoms. The van der Waals surface area contributed by atoms with Crippen molar-refractivity contribution in [3.8, 4) is 0 Å². The third kappa shape index (κ3) is 5.76. The number of aliphatic hydroxyl groups is 1. The molecular weight excluding hydrogens is 343 g/mol. The van der Waals surface area contributed by atoms with E-state index in [-0.39, 0.29) is 12.0 Å². The molecule has 4 N–H and O–H groups in total. The van der Waals surface area contributed by atoms with Gasteiger partial charge in [-0.3, -0.25) is 4.79 Å². The molecule has 0 heterocycles. The highest BCUT2D eigenvalue weighted by atomic mass is 31.1. The van der Waals surface area contributed by atoms with Crippen molar-refractivity contribution in [2.45, 2.75) is 12.5 Å². The summed E-state index contributed by atoms with van der Waals surface area (Å²) >= 11 is 0. The molecule has 8 heteroatoms. The Balaban J connectivity index is 2.15. The third-order valence-corrected chi connectivity index (χ3v) is 4.26. The number of carboxylic acids is 1. The SMILES string of the molecule is O=C(O)c1cccc(NC(=O)[C@H](Cc2ccccc2)N[P+](=O)CO)c1. The molecule has 0 saturated heterocycles. The van der Waals surface area contributed by atoms with Gasteiger partial charge >= 0.3 is 13.9 Å². The zero-order valence-electron chi connectivity index (χ0n) is 13.3. The highest BCUT2D eigenvalue weighted by Crippen LogP contribution is 2.17. The van der Waals surface area contributed by atoms with E-state index in [1.54, 1.807) is 6.07 Å². The van der Waals surface area contributed by atoms with E-state index >= 15 is 0 Å². The molecular formula is C17H18N2O5P+. The zero-order valence-corrected chi connectivity index (χ0v) is 14.1. The molecule has 1 unspecified atom stereocenters. The summed E-state index contributed by atoms with van der Waals surface area (Å²) in [7, 11) is -2.14. The number of aromatic carboxylic acids is 1. The largest absolute Gasteiger partial charge is 0.478 e. The topological polar surface area (TPSA) is 116 Å². The molecule has 0 spiro atoms. The average molecular weight is 361 g/mol. The number of hydrogen-bond donors (Lipinski definition) is 4. The van der Waals surface area contributed by atoms with Crippen molar-refractivity contribution < 1.29 is 24.4 Å². The van der Waals surface area contributed by atoms with Gasteiger partial charge in [0.25, 0.3) is 6.35 Å². The van der Waals surface area contributed by atoms with Gasteiger partial charge in [0, 0.05) is 12.1 Å². The van der Waals surface area contributed by atoms with Gasteiger partial charge in [-0.1, -0.05) is 41.5 Å². The highest BCUT2D eigenvalue weighted by molar-refractivity contribution is 7.42. The molecule has 2 aromatic carbocycles. The molecule has 0 radical (unpaired) electrons. The maximum absolute atomic E-state index is 12.5. The Bertz CT molecular complexity index is 767. The van der Waals surface area contributed by atoms with E-state index in [1.165, 1.54) is 18.2 Å². The van der Waals surface area contributed by atoms with Crippen LogP contribution < -0.4 is 10.4 Å². The van der Waals surface area contributed by atoms with E-state index in [1.807, 2.05) is 30.3 Å². The van der Waals surface area contributed by atoms with E-state index in [4.69, 9.17) is 10.2 Å². The predicted octanol–water partition coefficient (Wildman–Crippen LogP) is 2.22. The molecule has 0 aliphatic rings. The summed E-state index contributed by atoms with van der Waals surface area (Å²) in [6, 6.07) is 14.2. The van der Waals surface area contributed by atoms with Crippen molar-refractivity contribution in [2.24, 2.45) is 0 Å². The smallest absolute Gasteiger partial charge is 0.461 e. The second-order valence-corrected chi connectivity index (χ2v) is 6.56. The molecule has 130 valence electrons. The van der Waals surface area contributed by atoms with Gasteiger partial charge in [0.15, 0.2) is 0 Å². The van der Waals surface area contributed by atoms with Gasteiger partial charge < -0.3 is 15.5 Å². The summed E-state index contributed by atoms with van der Waals surface area (Å²) < 4.78 is 11.6. The molecule has 2 aromatic rings. The number of carbonyl (C=O) groups excluding carboxylic acids is 1. The van der Waals surface area contributed by atoms with Crippen molar-refractivity contribution in [1.82, 2.24) is 5.09 Å². The maximum Gasteiger partial charge on any atom is 0.461 e. The lowest BCUT2D eigenvalue weighted by atomic mass is 10.1. The molecule has 2 atom stereocenters. The summed E-state index contributed by atoms with van der Waals surface area (Å²) in [5, 5.41) is 23.2. The van der Waals surface area contributed by atoms with Gasteiger partial charge in [-0.05, 0) is 28.3 Å². The Hall–Kier alpha value is -2.60. The molecule has 0 bridgehead atoms. The Kier molecular flexibility index (Phi) is 6.77. The first-order chi connectivity index (χ1) is 12.0. The van der Waals surface area contributed by atoms with Crippen LogP contribution in [0.25, 0.3) is 0 Å². The number of carboxylic acid groups (broad SMARTS) is 1. The lowest BCUT2D eigenvalue weighted by Gasteiger charge is -2.14. The normalized spacial score (nSPS) is 12.3. The van der Waals surface area contributed by atoms with Gasteiger partial charge in [-0.2, -0.15) is 0 Å². The zero-order chi connectivity index (χ0) is 18.2. The van der Waals surface area contributed by atoms with E-state index in [2.05, 4.69) is 10.4 Å². The number of rotatable bonds is 8. The van der Waals surface area contributed by atoms with Crippen LogP contribution in [0.15, 0.2) is 54.6 Å². The van der Waals surface area contributed by atoms with Crippen LogP contribution in [-0.4, -0.2) is 34.5 Å². The van der Waals surface area contributed by atoms with Crippen LogP contribution in [0.2, 0.25) is 0 Å². The van der Waals surface area contributed by atoms with Crippen molar-refractivity contribution in [3.05, 3.63) is 65.7 Å². The van der Waals surface area contributed by atoms with Crippen molar-refractivity contribution in [2.75, 3.05) is 11.7 Å². The third-order valence-electron chi connectivity index (χ3n) is 3.40. The number of nitrogens with one attached hydrogen (secondary N) is 2. The standard InChI is InChI=1S/C17H17N2O5P/c20-11-25(24)19-15(9-12-5-2-1-3-6-12)16(21)18-14-8-4-7-13(10-14)17(22)23/h1-8,10,15,20H,9,11H2,(H2-,18,19,21,22,23,24)/p+1/t15-/m0/s1. The molecule has 0 saturated carbocycles. The van der Waals surface area contributed by atoms with Crippen LogP contribution in [0.5, 0.6) is 0 Å². The first-order valence-electron chi connectivity index (χ1n) is 7.49. The summed E-state index contributed by atoms with van der Waals surface area (Å²) in [6.45, 7) is 0. The Morgan fingerprint density at radius 2 is 1.80 bits per heavy atom. The van der Waals surface area contributed by atoms with Gasteiger partial charge in [-0.25, -0.2) is 4.79 Å². The van der Waals surface area contributed by atoms with Crippen LogP contribution in [0.1, 0.15) is 15.9 Å². The first kappa shape index (κ1) is 18.7. The van der Waals surface area contributed by atoms with Gasteiger partial charge in [0.1, 0.15) is 6.04 Å². The van der Waals surface area contributed by atoms with Crippen LogP contribution in [-0.2, 0) is 15.8 Å². The fourth-order valence-electron chi connectivity index (χ4n) is 2.22. The molecule has 1 amide bonds. The number of hydrogen-bond acceptors (Lipinski definition) is 4. The van der Waals surface area contributed by atoms with Crippen molar-refractivity contribution in [1.29, 1.82) is 0 Å². The lowest BCUT2D eigenvalue weighted by Crippen LogP contribution is -2.39. The van der Waals surface area contributed by atoms with Crippen LogP contribution in [0, 0.1) is 0 Å². The Labute approximate surface area is 145 Å². The van der Waals surface area contributed by atoms with Gasteiger partial charge in [-0.15, -0.1) is 0 Å². The average Bonchev–Trinajstić information content (AvgIpc) is 2.62. The second-order valence-electron chi connectivity index (χ2n) is 5.27. The van der Waals surface area contributed by atoms with Crippen molar-refractivity contribution in [3.63, 3.8) is 0 Å². The molecule has 0 fully saturated rings. The van der Waals surface area contributed by atoms with Crippen LogP contribution >= 0.6 is 7.95 Å². The molecule has 7 nitrogen and oxygen atoms in total. The summed E-state index contributed by atoms with van der Waals surface area (Å²) in [4.78, 5) is 23.5. The van der Waals surface area contributed by atoms with Gasteiger partial charge in [0.2, 0.25) is 5.91 Å². The second kappa shape index (κ2) is 9.03. The minimum atomic E-state index is -2.14. The molecule has 0 aliphatic carbocycles. The molecule has 0 aromatic heterocycles. The summed E-state index contributed by atoms with van der Waals surface area (Å²) in [5.41, 5.74) is 1.23. The lowest BCUT2D eigenvalue weighted by molar-refractivity contribution is -0.117. The number of carbonyl (C=O) groups is 2. The number of anilines is 1. The minimum Gasteiger partial charge on any atom is -0.478 e. The monoisotopic (exact) mass is 361 g/mol. The van der Waals surface area contributed by atoms with E-state index in [9.17, 15) is 14.2 Å². The number of amides is 1. The Morgan fingerprint density at radius 1 is 1.08 bits per heavy atom. The molecule has 0 aliphatic heterocycles. The number of benzene rings is 2. The van der Waals surface area contributed by atoms with Gasteiger partial charge in [0.05, 0.1) is 5.56 Å². The number of aliphatic hydroxyl groups excluding tert-OH is 1. The highest BCUT2D eigenvalue weighted by Gasteiger charge is 2.27. The van der Waals surface area contributed by atoms with E-state index in [0.29, 0.717) is 5.69 Å². The minimum absolute atomic E-state index is 0.0480. The Morgan fingerprint density at radius 3 is 2.44 bits per heavy atom. The predicted molar refractivity (Wildman–Crippen MR) is 93.8 cm³/mol.